The normalized spacial score (nSPS) is 10.8. The van der Waals surface area contributed by atoms with Crippen LogP contribution in [0.25, 0.3) is 11.4 Å². The number of rotatable bonds is 4. The van der Waals surface area contributed by atoms with Crippen LogP contribution in [-0.2, 0) is 0 Å². The number of nitrogens with one attached hydrogen (secondary N) is 1. The minimum Gasteiger partial charge on any atom is -0.264 e. The number of hydrazone groups is 1. The minimum atomic E-state index is 0.728. The van der Waals surface area contributed by atoms with Crippen LogP contribution in [-0.4, -0.2) is 21.2 Å². The Kier molecular flexibility index (Phi) is 3.75. The molecule has 0 aromatic carbocycles. The van der Waals surface area contributed by atoms with E-state index in [1.54, 1.807) is 24.8 Å². The molecule has 0 spiro atoms. The molecule has 0 aliphatic carbocycles. The van der Waals surface area contributed by atoms with Crippen molar-refractivity contribution in [3.8, 4) is 11.4 Å². The Morgan fingerprint density at radius 2 is 2.10 bits per heavy atom. The molecule has 0 unspecified atom stereocenters. The number of hydrogen-bond donors (Lipinski definition) is 1. The highest BCUT2D eigenvalue weighted by molar-refractivity contribution is 7.14. The molecule has 0 fully saturated rings. The van der Waals surface area contributed by atoms with Gasteiger partial charge in [-0.3, -0.25) is 15.4 Å². The van der Waals surface area contributed by atoms with Gasteiger partial charge in [0.15, 0.2) is 0 Å². The Balaban J connectivity index is 1.68. The summed E-state index contributed by atoms with van der Waals surface area (Å²) in [6.45, 7) is 0. The van der Waals surface area contributed by atoms with Crippen molar-refractivity contribution in [1.29, 1.82) is 0 Å². The van der Waals surface area contributed by atoms with E-state index < -0.39 is 0 Å². The molecule has 3 rings (SSSR count). The lowest BCUT2D eigenvalue weighted by atomic mass is 10.3. The molecule has 0 radical (unpaired) electrons. The molecule has 5 nitrogen and oxygen atoms in total. The highest BCUT2D eigenvalue weighted by atomic mass is 32.1. The zero-order valence-electron chi connectivity index (χ0n) is 10.5. The third-order valence-corrected chi connectivity index (χ3v) is 3.24. The van der Waals surface area contributed by atoms with Crippen LogP contribution >= 0.6 is 11.3 Å². The molecule has 3 aromatic heterocycles. The minimum absolute atomic E-state index is 0.728. The van der Waals surface area contributed by atoms with Crippen LogP contribution in [0.15, 0.2) is 59.4 Å². The van der Waals surface area contributed by atoms with Crippen molar-refractivity contribution < 1.29 is 0 Å². The molecule has 0 aliphatic rings. The van der Waals surface area contributed by atoms with Crippen LogP contribution in [0.4, 0.5) is 5.13 Å². The van der Waals surface area contributed by atoms with Gasteiger partial charge in [0.05, 0.1) is 11.9 Å². The second-order valence-corrected chi connectivity index (χ2v) is 4.77. The number of anilines is 1. The lowest BCUT2D eigenvalue weighted by molar-refractivity contribution is 1.25. The highest BCUT2D eigenvalue weighted by Crippen LogP contribution is 2.22. The zero-order valence-corrected chi connectivity index (χ0v) is 11.3. The Hall–Kier alpha value is -2.60. The van der Waals surface area contributed by atoms with Crippen LogP contribution in [0.1, 0.15) is 5.56 Å². The van der Waals surface area contributed by atoms with Crippen molar-refractivity contribution in [2.45, 2.75) is 0 Å². The third-order valence-electron chi connectivity index (χ3n) is 2.49. The van der Waals surface area contributed by atoms with Crippen LogP contribution in [0.3, 0.4) is 0 Å². The molecule has 3 aromatic rings. The Labute approximate surface area is 120 Å². The van der Waals surface area contributed by atoms with Crippen molar-refractivity contribution in [3.63, 3.8) is 0 Å². The fourth-order valence-electron chi connectivity index (χ4n) is 1.57. The first-order valence-electron chi connectivity index (χ1n) is 5.98. The molecule has 0 aliphatic heterocycles. The molecule has 0 atom stereocenters. The van der Waals surface area contributed by atoms with E-state index in [0.29, 0.717) is 0 Å². The lowest BCUT2D eigenvalue weighted by Gasteiger charge is -1.94. The first-order valence-corrected chi connectivity index (χ1v) is 6.86. The van der Waals surface area contributed by atoms with Crippen molar-refractivity contribution in [2.75, 3.05) is 5.43 Å². The molecule has 20 heavy (non-hydrogen) atoms. The fourth-order valence-corrected chi connectivity index (χ4v) is 2.22. The highest BCUT2D eigenvalue weighted by Gasteiger charge is 2.03. The first kappa shape index (κ1) is 12.4. The van der Waals surface area contributed by atoms with Crippen LogP contribution < -0.4 is 5.43 Å². The van der Waals surface area contributed by atoms with Gasteiger partial charge in [0.25, 0.3) is 0 Å². The molecule has 3 heterocycles. The standard InChI is InChI=1S/C14H11N5S/c1-2-7-16-12(5-1)13-10-20-14(18-13)19-17-9-11-4-3-6-15-8-11/h1-10H,(H,18,19)/b17-9+. The van der Waals surface area contributed by atoms with Gasteiger partial charge in [-0.05, 0) is 18.2 Å². The second kappa shape index (κ2) is 6.03. The number of nitrogens with zero attached hydrogens (tertiary/aromatic N) is 4. The number of hydrogen-bond acceptors (Lipinski definition) is 6. The molecule has 1 N–H and O–H groups in total. The molecule has 98 valence electrons. The Bertz CT molecular complexity index is 694. The second-order valence-electron chi connectivity index (χ2n) is 3.91. The first-order chi connectivity index (χ1) is 9.92. The van der Waals surface area contributed by atoms with Crippen molar-refractivity contribution in [1.82, 2.24) is 15.0 Å². The van der Waals surface area contributed by atoms with E-state index in [9.17, 15) is 0 Å². The van der Waals surface area contributed by atoms with Gasteiger partial charge in [-0.25, -0.2) is 4.98 Å². The molecule has 0 bridgehead atoms. The predicted octanol–water partition coefficient (Wildman–Crippen LogP) is 3.05. The number of aromatic nitrogens is 3. The average molecular weight is 281 g/mol. The van der Waals surface area contributed by atoms with E-state index in [-0.39, 0.29) is 0 Å². The van der Waals surface area contributed by atoms with Crippen LogP contribution in [0, 0.1) is 0 Å². The summed E-state index contributed by atoms with van der Waals surface area (Å²) in [6.07, 6.45) is 6.92. The Morgan fingerprint density at radius 1 is 1.10 bits per heavy atom. The van der Waals surface area contributed by atoms with E-state index in [0.717, 1.165) is 22.1 Å². The summed E-state index contributed by atoms with van der Waals surface area (Å²) in [6, 6.07) is 9.55. The number of pyridine rings is 2. The molecular formula is C14H11N5S. The maximum atomic E-state index is 4.43. The maximum absolute atomic E-state index is 4.43. The average Bonchev–Trinajstić information content (AvgIpc) is 2.98. The van der Waals surface area contributed by atoms with Gasteiger partial charge in [0, 0.05) is 29.5 Å². The predicted molar refractivity (Wildman–Crippen MR) is 80.8 cm³/mol. The summed E-state index contributed by atoms with van der Waals surface area (Å²) in [5, 5.41) is 6.81. The summed E-state index contributed by atoms with van der Waals surface area (Å²) in [5.41, 5.74) is 5.53. The third kappa shape index (κ3) is 3.04. The molecule has 0 amide bonds. The fraction of sp³-hybridized carbons (Fsp3) is 0. The van der Waals surface area contributed by atoms with Gasteiger partial charge < -0.3 is 0 Å². The van der Waals surface area contributed by atoms with E-state index >= 15 is 0 Å². The van der Waals surface area contributed by atoms with Crippen molar-refractivity contribution >= 4 is 22.7 Å². The Morgan fingerprint density at radius 3 is 2.90 bits per heavy atom. The smallest absolute Gasteiger partial charge is 0.203 e. The quantitative estimate of drug-likeness (QED) is 0.589. The van der Waals surface area contributed by atoms with E-state index in [1.165, 1.54) is 11.3 Å². The molecular weight excluding hydrogens is 270 g/mol. The van der Waals surface area contributed by atoms with Gasteiger partial charge in [-0.2, -0.15) is 5.10 Å². The van der Waals surface area contributed by atoms with Crippen LogP contribution in [0.2, 0.25) is 0 Å². The summed E-state index contributed by atoms with van der Waals surface area (Å²) < 4.78 is 0. The van der Waals surface area contributed by atoms with E-state index in [2.05, 4.69) is 25.5 Å². The lowest BCUT2D eigenvalue weighted by Crippen LogP contribution is -1.90. The van der Waals surface area contributed by atoms with Gasteiger partial charge in [-0.1, -0.05) is 12.1 Å². The molecule has 6 heteroatoms. The van der Waals surface area contributed by atoms with E-state index in [4.69, 9.17) is 0 Å². The van der Waals surface area contributed by atoms with Gasteiger partial charge >= 0.3 is 0 Å². The zero-order chi connectivity index (χ0) is 13.6. The van der Waals surface area contributed by atoms with Crippen LogP contribution in [0.5, 0.6) is 0 Å². The summed E-state index contributed by atoms with van der Waals surface area (Å²) in [4.78, 5) is 12.7. The number of thiazole rings is 1. The van der Waals surface area contributed by atoms with Gasteiger partial charge in [0.2, 0.25) is 5.13 Å². The van der Waals surface area contributed by atoms with Crippen molar-refractivity contribution in [3.05, 3.63) is 59.9 Å². The topological polar surface area (TPSA) is 63.1 Å². The van der Waals surface area contributed by atoms with Gasteiger partial charge in [0.1, 0.15) is 5.69 Å². The molecule has 0 saturated carbocycles. The van der Waals surface area contributed by atoms with Gasteiger partial charge in [-0.15, -0.1) is 11.3 Å². The SMILES string of the molecule is C(=N\Nc1nc(-c2ccccn2)cs1)/c1cccnc1. The summed E-state index contributed by atoms with van der Waals surface area (Å²) in [7, 11) is 0. The summed E-state index contributed by atoms with van der Waals surface area (Å²) in [5.74, 6) is 0. The van der Waals surface area contributed by atoms with Crippen molar-refractivity contribution in [2.24, 2.45) is 5.10 Å². The summed E-state index contributed by atoms with van der Waals surface area (Å²) >= 11 is 1.49. The largest absolute Gasteiger partial charge is 0.264 e. The van der Waals surface area contributed by atoms with E-state index in [1.807, 2.05) is 35.7 Å². The molecule has 0 saturated heterocycles. The maximum Gasteiger partial charge on any atom is 0.203 e. The monoisotopic (exact) mass is 281 g/mol.